The van der Waals surface area contributed by atoms with Gasteiger partial charge in [-0.15, -0.1) is 0 Å². The summed E-state index contributed by atoms with van der Waals surface area (Å²) in [5, 5.41) is 0. The van der Waals surface area contributed by atoms with E-state index in [1.54, 1.807) is 0 Å². The van der Waals surface area contributed by atoms with Gasteiger partial charge >= 0.3 is 0 Å². The van der Waals surface area contributed by atoms with Gasteiger partial charge in [0.05, 0.1) is 26.4 Å². The molecule has 0 N–H and O–H groups in total. The Hall–Kier alpha value is -1.96. The predicted octanol–water partition coefficient (Wildman–Crippen LogP) is 3.74. The van der Waals surface area contributed by atoms with E-state index in [9.17, 15) is 0 Å². The van der Waals surface area contributed by atoms with Crippen LogP contribution in [0.15, 0.2) is 24.5 Å². The third-order valence-electron chi connectivity index (χ3n) is 4.65. The van der Waals surface area contributed by atoms with Crippen molar-refractivity contribution in [1.29, 1.82) is 0 Å². The van der Waals surface area contributed by atoms with Gasteiger partial charge in [-0.25, -0.2) is 19.9 Å². The van der Waals surface area contributed by atoms with E-state index in [2.05, 4.69) is 47.6 Å². The van der Waals surface area contributed by atoms with Gasteiger partial charge in [0.25, 0.3) is 0 Å². The molecule has 0 bridgehead atoms. The normalized spacial score (nSPS) is 11.7. The average Bonchev–Trinajstić information content (AvgIpc) is 2.76. The van der Waals surface area contributed by atoms with Gasteiger partial charge in [0.2, 0.25) is 0 Å². The fourth-order valence-corrected chi connectivity index (χ4v) is 2.90. The zero-order valence-electron chi connectivity index (χ0n) is 19.6. The molecule has 172 valence electrons. The van der Waals surface area contributed by atoms with Crippen LogP contribution in [0, 0.1) is 0 Å². The molecule has 0 saturated carbocycles. The van der Waals surface area contributed by atoms with Crippen LogP contribution in [0.25, 0.3) is 0 Å². The Morgan fingerprint density at radius 3 is 1.77 bits per heavy atom. The van der Waals surface area contributed by atoms with Gasteiger partial charge in [-0.05, 0) is 37.8 Å². The lowest BCUT2D eigenvalue weighted by atomic mass is 9.95. The summed E-state index contributed by atoms with van der Waals surface area (Å²) >= 11 is 0. The molecule has 0 fully saturated rings. The first-order valence-electron chi connectivity index (χ1n) is 11.4. The van der Waals surface area contributed by atoms with E-state index in [4.69, 9.17) is 14.2 Å². The second-order valence-electron chi connectivity index (χ2n) is 8.48. The Balaban J connectivity index is 1.40. The lowest BCUT2D eigenvalue weighted by Crippen LogP contribution is -2.16. The molecule has 7 nitrogen and oxygen atoms in total. The molecule has 0 aliphatic carbocycles. The number of hydrogen-bond donors (Lipinski definition) is 0. The quantitative estimate of drug-likeness (QED) is 0.398. The highest BCUT2D eigenvalue weighted by Gasteiger charge is 2.17. The maximum Gasteiger partial charge on any atom is 0.133 e. The van der Waals surface area contributed by atoms with E-state index in [1.807, 2.05) is 24.5 Å². The first-order chi connectivity index (χ1) is 15.0. The van der Waals surface area contributed by atoms with Crippen LogP contribution in [-0.2, 0) is 38.9 Å². The Bertz CT molecular complexity index is 750. The summed E-state index contributed by atoms with van der Waals surface area (Å²) in [6.45, 7) is 12.3. The number of hydrogen-bond acceptors (Lipinski definition) is 7. The van der Waals surface area contributed by atoms with Crippen molar-refractivity contribution in [2.24, 2.45) is 0 Å². The molecular weight excluding hydrogens is 392 g/mol. The molecule has 31 heavy (non-hydrogen) atoms. The van der Waals surface area contributed by atoms with Gasteiger partial charge in [0, 0.05) is 48.8 Å². The van der Waals surface area contributed by atoms with Crippen LogP contribution in [0.4, 0.5) is 0 Å². The van der Waals surface area contributed by atoms with E-state index >= 15 is 0 Å². The van der Waals surface area contributed by atoms with E-state index in [1.165, 1.54) is 0 Å². The van der Waals surface area contributed by atoms with Gasteiger partial charge in [0.15, 0.2) is 0 Å². The van der Waals surface area contributed by atoms with Crippen LogP contribution < -0.4 is 0 Å². The molecule has 2 heterocycles. The monoisotopic (exact) mass is 430 g/mol. The molecule has 0 radical (unpaired) electrons. The molecule has 0 aliphatic heterocycles. The van der Waals surface area contributed by atoms with Crippen LogP contribution in [0.5, 0.6) is 0 Å². The van der Waals surface area contributed by atoms with Crippen LogP contribution in [0.3, 0.4) is 0 Å². The van der Waals surface area contributed by atoms with E-state index in [0.29, 0.717) is 39.6 Å². The summed E-state index contributed by atoms with van der Waals surface area (Å²) in [6, 6.07) is 3.95. The lowest BCUT2D eigenvalue weighted by molar-refractivity contribution is 0.0138. The second-order valence-corrected chi connectivity index (χ2v) is 8.48. The zero-order chi connectivity index (χ0) is 22.4. The minimum absolute atomic E-state index is 0.0247. The largest absolute Gasteiger partial charge is 0.379 e. The van der Waals surface area contributed by atoms with Gasteiger partial charge in [0.1, 0.15) is 11.6 Å². The standard InChI is InChI=1S/C24H38N4O3/c1-5-22-25-12-10-20(27-22)8-6-14-29-16-18-31-19-17-30-15-7-9-21-11-13-26-23(28-21)24(2,3)4/h10-13H,5-9,14-19H2,1-4H3. The summed E-state index contributed by atoms with van der Waals surface area (Å²) in [5.41, 5.74) is 2.13. The molecule has 0 saturated heterocycles. The Kier molecular flexibility index (Phi) is 11.6. The Morgan fingerprint density at radius 2 is 1.23 bits per heavy atom. The molecule has 0 spiro atoms. The summed E-state index contributed by atoms with van der Waals surface area (Å²) in [4.78, 5) is 17.7. The highest BCUT2D eigenvalue weighted by atomic mass is 16.5. The molecular formula is C24H38N4O3. The molecule has 2 rings (SSSR count). The van der Waals surface area contributed by atoms with E-state index in [0.717, 1.165) is 55.1 Å². The molecule has 0 aromatic carbocycles. The first-order valence-corrected chi connectivity index (χ1v) is 11.4. The van der Waals surface area contributed by atoms with Crippen LogP contribution >= 0.6 is 0 Å². The molecule has 2 aromatic rings. The maximum absolute atomic E-state index is 5.64. The van der Waals surface area contributed by atoms with E-state index < -0.39 is 0 Å². The average molecular weight is 431 g/mol. The van der Waals surface area contributed by atoms with Crippen molar-refractivity contribution in [3.05, 3.63) is 47.6 Å². The summed E-state index contributed by atoms with van der Waals surface area (Å²) < 4.78 is 16.8. The zero-order valence-corrected chi connectivity index (χ0v) is 19.6. The van der Waals surface area contributed by atoms with Crippen LogP contribution in [-0.4, -0.2) is 59.6 Å². The van der Waals surface area contributed by atoms with E-state index in [-0.39, 0.29) is 5.41 Å². The number of aryl methyl sites for hydroxylation is 3. The summed E-state index contributed by atoms with van der Waals surface area (Å²) in [6.07, 6.45) is 8.24. The lowest BCUT2D eigenvalue weighted by Gasteiger charge is -2.16. The summed E-state index contributed by atoms with van der Waals surface area (Å²) in [5.74, 6) is 1.79. The smallest absolute Gasteiger partial charge is 0.133 e. The number of rotatable bonds is 15. The third kappa shape index (κ3) is 10.8. The van der Waals surface area contributed by atoms with Crippen LogP contribution in [0.1, 0.15) is 63.6 Å². The highest BCUT2D eigenvalue weighted by Crippen LogP contribution is 2.17. The minimum atomic E-state index is -0.0247. The molecule has 2 aromatic heterocycles. The van der Waals surface area contributed by atoms with Gasteiger partial charge in [-0.2, -0.15) is 0 Å². The van der Waals surface area contributed by atoms with Crippen molar-refractivity contribution in [1.82, 2.24) is 19.9 Å². The molecule has 0 aliphatic rings. The van der Waals surface area contributed by atoms with Crippen molar-refractivity contribution < 1.29 is 14.2 Å². The molecule has 0 atom stereocenters. The van der Waals surface area contributed by atoms with Crippen molar-refractivity contribution >= 4 is 0 Å². The van der Waals surface area contributed by atoms with Crippen LogP contribution in [0.2, 0.25) is 0 Å². The summed E-state index contributed by atoms with van der Waals surface area (Å²) in [7, 11) is 0. The van der Waals surface area contributed by atoms with Gasteiger partial charge < -0.3 is 14.2 Å². The van der Waals surface area contributed by atoms with Crippen molar-refractivity contribution in [3.63, 3.8) is 0 Å². The highest BCUT2D eigenvalue weighted by molar-refractivity contribution is 5.08. The minimum Gasteiger partial charge on any atom is -0.379 e. The number of nitrogens with zero attached hydrogens (tertiary/aromatic N) is 4. The number of ether oxygens (including phenoxy) is 3. The molecule has 0 amide bonds. The molecule has 0 unspecified atom stereocenters. The van der Waals surface area contributed by atoms with Crippen molar-refractivity contribution in [2.45, 2.75) is 65.2 Å². The first kappa shape index (κ1) is 25.3. The maximum atomic E-state index is 5.64. The van der Waals surface area contributed by atoms with Crippen molar-refractivity contribution in [2.75, 3.05) is 39.6 Å². The van der Waals surface area contributed by atoms with Crippen molar-refractivity contribution in [3.8, 4) is 0 Å². The Labute approximate surface area is 187 Å². The topological polar surface area (TPSA) is 79.2 Å². The fourth-order valence-electron chi connectivity index (χ4n) is 2.90. The third-order valence-corrected chi connectivity index (χ3v) is 4.65. The van der Waals surface area contributed by atoms with Gasteiger partial charge in [-0.1, -0.05) is 27.7 Å². The fraction of sp³-hybridized carbons (Fsp3) is 0.667. The second kappa shape index (κ2) is 14.2. The number of aromatic nitrogens is 4. The predicted molar refractivity (Wildman–Crippen MR) is 121 cm³/mol. The molecule has 7 heteroatoms. The SMILES string of the molecule is CCc1nccc(CCCOCCOCCOCCCc2ccnc(C(C)(C)C)n2)n1. The Morgan fingerprint density at radius 1 is 0.710 bits per heavy atom. The van der Waals surface area contributed by atoms with Gasteiger partial charge in [-0.3, -0.25) is 0 Å².